The molecule has 0 bridgehead atoms. The van der Waals surface area contributed by atoms with Crippen molar-refractivity contribution in [1.29, 1.82) is 0 Å². The molecule has 2 aliphatic heterocycles. The second-order valence-electron chi connectivity index (χ2n) is 16.2. The molecule has 2 fully saturated rings. The van der Waals surface area contributed by atoms with E-state index in [1.165, 1.54) is 0 Å². The van der Waals surface area contributed by atoms with Crippen LogP contribution >= 0.6 is 0 Å². The third-order valence-electron chi connectivity index (χ3n) is 10.9. The first kappa shape index (κ1) is 37.8. The topological polar surface area (TPSA) is 122 Å². The fourth-order valence-corrected chi connectivity index (χ4v) is 7.91. The fraction of sp³-hybridized carbons (Fsp3) is 0.429. The number of carbonyl (C=O) groups is 1. The van der Waals surface area contributed by atoms with Crippen molar-refractivity contribution in [2.24, 2.45) is 0 Å². The minimum Gasteiger partial charge on any atom is -0.414 e. The van der Waals surface area contributed by atoms with E-state index in [2.05, 4.69) is 68.8 Å². The summed E-state index contributed by atoms with van der Waals surface area (Å²) in [4.78, 5) is 28.2. The lowest BCUT2D eigenvalue weighted by molar-refractivity contribution is -0.199. The lowest BCUT2D eigenvalue weighted by atomic mass is 9.91. The number of fused-ring (bicyclic) bond motifs is 2. The van der Waals surface area contributed by atoms with Crippen molar-refractivity contribution in [1.82, 2.24) is 24.8 Å². The van der Waals surface area contributed by atoms with Gasteiger partial charge in [-0.2, -0.15) is 0 Å². The van der Waals surface area contributed by atoms with Crippen LogP contribution in [0, 0.1) is 0 Å². The number of hydrogen-bond acceptors (Lipinski definition) is 9. The SMILES string of the molecule is CC1(C)O[C@H]2[C@H](O1)[C@@H](CO[Si](C)(C)C(C)(C)C)O[C@H]2n1cnc2c(NCC(c3ccccc3)c3ccccc3)nc(C(=O)NCCc3ccccc3)nc21. The summed E-state index contributed by atoms with van der Waals surface area (Å²) in [5.41, 5.74) is 4.42. The van der Waals surface area contributed by atoms with Crippen LogP contribution in [0.1, 0.15) is 74.1 Å². The van der Waals surface area contributed by atoms with Crippen LogP contribution in [0.4, 0.5) is 5.82 Å². The maximum absolute atomic E-state index is 13.8. The van der Waals surface area contributed by atoms with Crippen LogP contribution in [0.25, 0.3) is 11.2 Å². The highest BCUT2D eigenvalue weighted by Gasteiger charge is 2.56. The van der Waals surface area contributed by atoms with Gasteiger partial charge < -0.3 is 29.3 Å². The molecule has 0 unspecified atom stereocenters. The van der Waals surface area contributed by atoms with Gasteiger partial charge in [-0.1, -0.05) is 112 Å². The van der Waals surface area contributed by atoms with Gasteiger partial charge in [0.25, 0.3) is 5.91 Å². The van der Waals surface area contributed by atoms with Crippen molar-refractivity contribution >= 4 is 31.2 Å². The van der Waals surface area contributed by atoms with E-state index in [0.29, 0.717) is 43.1 Å². The molecule has 11 nitrogen and oxygen atoms in total. The molecule has 4 heterocycles. The maximum Gasteiger partial charge on any atom is 0.289 e. The zero-order valence-electron chi connectivity index (χ0n) is 32.3. The number of aromatic nitrogens is 4. The average molecular weight is 749 g/mol. The third kappa shape index (κ3) is 8.13. The molecule has 1 amide bonds. The van der Waals surface area contributed by atoms with Gasteiger partial charge in [0.2, 0.25) is 5.82 Å². The van der Waals surface area contributed by atoms with Gasteiger partial charge >= 0.3 is 0 Å². The van der Waals surface area contributed by atoms with E-state index in [1.54, 1.807) is 6.33 Å². The molecule has 2 N–H and O–H groups in total. The summed E-state index contributed by atoms with van der Waals surface area (Å²) >= 11 is 0. The van der Waals surface area contributed by atoms with Crippen LogP contribution in [0.2, 0.25) is 18.1 Å². The molecule has 12 heteroatoms. The Hall–Kier alpha value is -4.46. The van der Waals surface area contributed by atoms with E-state index in [0.717, 1.165) is 16.7 Å². The second kappa shape index (κ2) is 15.3. The molecule has 0 aliphatic carbocycles. The average Bonchev–Trinajstić information content (AvgIpc) is 3.82. The fourth-order valence-electron chi connectivity index (χ4n) is 6.89. The Bertz CT molecular complexity index is 2000. The lowest BCUT2D eigenvalue weighted by Gasteiger charge is -2.37. The Morgan fingerprint density at radius 2 is 1.52 bits per heavy atom. The molecule has 54 heavy (non-hydrogen) atoms. The number of amides is 1. The number of ether oxygens (including phenoxy) is 3. The summed E-state index contributed by atoms with van der Waals surface area (Å²) in [6.45, 7) is 16.3. The van der Waals surface area contributed by atoms with Crippen LogP contribution in [0.3, 0.4) is 0 Å². The van der Waals surface area contributed by atoms with Crippen molar-refractivity contribution in [3.8, 4) is 0 Å². The first-order chi connectivity index (χ1) is 25.8. The Labute approximate surface area is 319 Å². The number of anilines is 1. The Kier molecular flexibility index (Phi) is 10.8. The van der Waals surface area contributed by atoms with E-state index in [4.69, 9.17) is 33.6 Å². The molecule has 5 aromatic rings. The molecule has 2 aromatic heterocycles. The van der Waals surface area contributed by atoms with Gasteiger partial charge in [-0.25, -0.2) is 15.0 Å². The predicted molar refractivity (Wildman–Crippen MR) is 212 cm³/mol. The minimum absolute atomic E-state index is 0.00880. The highest BCUT2D eigenvalue weighted by Crippen LogP contribution is 2.45. The number of carbonyl (C=O) groups excluding carboxylic acids is 1. The number of imidazole rings is 1. The highest BCUT2D eigenvalue weighted by molar-refractivity contribution is 6.74. The highest BCUT2D eigenvalue weighted by atomic mass is 28.4. The molecule has 0 saturated carbocycles. The molecule has 0 spiro atoms. The third-order valence-corrected chi connectivity index (χ3v) is 15.4. The monoisotopic (exact) mass is 748 g/mol. The van der Waals surface area contributed by atoms with Gasteiger partial charge in [-0.3, -0.25) is 9.36 Å². The van der Waals surface area contributed by atoms with Gasteiger partial charge in [0.05, 0.1) is 12.9 Å². The van der Waals surface area contributed by atoms with Gasteiger partial charge in [-0.05, 0) is 55.1 Å². The molecule has 4 atom stereocenters. The van der Waals surface area contributed by atoms with E-state index in [-0.39, 0.29) is 34.9 Å². The molecule has 0 radical (unpaired) electrons. The largest absolute Gasteiger partial charge is 0.414 e. The molecule has 7 rings (SSSR count). The van der Waals surface area contributed by atoms with Crippen molar-refractivity contribution in [3.63, 3.8) is 0 Å². The summed E-state index contributed by atoms with van der Waals surface area (Å²) in [7, 11) is -2.08. The first-order valence-corrected chi connectivity index (χ1v) is 21.8. The van der Waals surface area contributed by atoms with Crippen LogP contribution < -0.4 is 10.6 Å². The van der Waals surface area contributed by atoms with E-state index in [1.807, 2.05) is 85.1 Å². The summed E-state index contributed by atoms with van der Waals surface area (Å²) in [6.07, 6.45) is 0.531. The predicted octanol–water partition coefficient (Wildman–Crippen LogP) is 7.48. The van der Waals surface area contributed by atoms with Crippen molar-refractivity contribution in [2.75, 3.05) is 25.0 Å². The Morgan fingerprint density at radius 1 is 0.907 bits per heavy atom. The molecular weight excluding hydrogens is 697 g/mol. The number of nitrogens with zero attached hydrogens (tertiary/aromatic N) is 4. The zero-order valence-corrected chi connectivity index (χ0v) is 33.3. The summed E-state index contributed by atoms with van der Waals surface area (Å²) in [6, 6.07) is 30.8. The van der Waals surface area contributed by atoms with E-state index in [9.17, 15) is 4.79 Å². The van der Waals surface area contributed by atoms with Gasteiger partial charge in [0.15, 0.2) is 37.3 Å². The maximum atomic E-state index is 13.8. The Balaban J connectivity index is 1.22. The zero-order chi connectivity index (χ0) is 38.1. The number of nitrogens with one attached hydrogen (secondary N) is 2. The van der Waals surface area contributed by atoms with Gasteiger partial charge in [0, 0.05) is 19.0 Å². The number of rotatable bonds is 13. The van der Waals surface area contributed by atoms with Crippen molar-refractivity contribution in [3.05, 3.63) is 120 Å². The second-order valence-corrected chi connectivity index (χ2v) is 21.0. The van der Waals surface area contributed by atoms with Crippen LogP contribution in [0.15, 0.2) is 97.3 Å². The van der Waals surface area contributed by atoms with E-state index >= 15 is 0 Å². The normalized spacial score (nSPS) is 21.0. The standard InChI is InChI=1S/C42H52N6O5Si/c1-41(2,3)54(6,7)50-26-32-34-35(53-42(4,5)52-34)40(51-32)48-27-45-33-36(44-25-31(29-19-13-9-14-20-29)30-21-15-10-16-22-30)46-37(47-38(33)48)39(49)43-24-23-28-17-11-8-12-18-28/h8-22,27,31-32,34-35,40H,23-26H2,1-7H3,(H,43,49)(H,44,46,47)/t32-,34-,35+,40-/m1/s1. The van der Waals surface area contributed by atoms with Crippen LogP contribution in [-0.4, -0.2) is 77.5 Å². The smallest absolute Gasteiger partial charge is 0.289 e. The minimum atomic E-state index is -2.08. The number of hydrogen-bond donors (Lipinski definition) is 2. The molecule has 3 aromatic carbocycles. The number of benzene rings is 3. The molecule has 284 valence electrons. The first-order valence-electron chi connectivity index (χ1n) is 18.9. The molecular formula is C42H52N6O5Si. The molecule has 2 saturated heterocycles. The van der Waals surface area contributed by atoms with E-state index < -0.39 is 26.4 Å². The summed E-state index contributed by atoms with van der Waals surface area (Å²) in [5.74, 6) is -0.696. The molecule has 2 aliphatic rings. The summed E-state index contributed by atoms with van der Waals surface area (Å²) < 4.78 is 28.2. The lowest BCUT2D eigenvalue weighted by Crippen LogP contribution is -2.44. The van der Waals surface area contributed by atoms with Gasteiger partial charge in [0.1, 0.15) is 18.3 Å². The summed E-state index contributed by atoms with van der Waals surface area (Å²) in [5, 5.41) is 6.63. The van der Waals surface area contributed by atoms with Crippen LogP contribution in [-0.2, 0) is 25.1 Å². The quantitative estimate of drug-likeness (QED) is 0.118. The van der Waals surface area contributed by atoms with Crippen molar-refractivity contribution < 1.29 is 23.4 Å². The van der Waals surface area contributed by atoms with Gasteiger partial charge in [-0.15, -0.1) is 0 Å². The van der Waals surface area contributed by atoms with Crippen LogP contribution in [0.5, 0.6) is 0 Å². The van der Waals surface area contributed by atoms with Crippen molar-refractivity contribution in [2.45, 2.75) is 95.4 Å². The Morgan fingerprint density at radius 3 is 2.15 bits per heavy atom.